The topological polar surface area (TPSA) is 75.7 Å². The molecule has 3 aromatic rings. The fraction of sp³-hybridized carbons (Fsp3) is 0.125. The average molecular weight is 497 g/mol. The largest absolute Gasteiger partial charge is 0.493 e. The van der Waals surface area contributed by atoms with E-state index >= 15 is 0 Å². The van der Waals surface area contributed by atoms with Gasteiger partial charge in [-0.2, -0.15) is 0 Å². The second-order valence-electron chi connectivity index (χ2n) is 7.08. The molecule has 8 heteroatoms. The van der Waals surface area contributed by atoms with Crippen LogP contribution in [0.2, 0.25) is 0 Å². The second kappa shape index (κ2) is 8.92. The summed E-state index contributed by atoms with van der Waals surface area (Å²) in [6.45, 7) is 2.16. The van der Waals surface area contributed by atoms with Gasteiger partial charge in [0.2, 0.25) is 0 Å². The van der Waals surface area contributed by atoms with Crippen LogP contribution in [0.5, 0.6) is 5.75 Å². The Morgan fingerprint density at radius 2 is 1.72 bits per heavy atom. The van der Waals surface area contributed by atoms with Crippen molar-refractivity contribution < 1.29 is 23.5 Å². The molecule has 0 saturated carbocycles. The van der Waals surface area contributed by atoms with Crippen molar-refractivity contribution in [2.75, 3.05) is 11.9 Å². The predicted molar refractivity (Wildman–Crippen MR) is 120 cm³/mol. The van der Waals surface area contributed by atoms with E-state index in [0.717, 1.165) is 4.90 Å². The number of carbonyl (C=O) groups is 3. The van der Waals surface area contributed by atoms with E-state index in [1.165, 1.54) is 18.2 Å². The van der Waals surface area contributed by atoms with E-state index in [9.17, 15) is 18.8 Å². The maximum absolute atomic E-state index is 13.4. The van der Waals surface area contributed by atoms with E-state index < -0.39 is 11.7 Å². The van der Waals surface area contributed by atoms with Gasteiger partial charge in [-0.3, -0.25) is 19.3 Å². The molecule has 0 spiro atoms. The molecule has 1 N–H and O–H groups in total. The Morgan fingerprint density at radius 1 is 1.03 bits per heavy atom. The Hall–Kier alpha value is -3.52. The van der Waals surface area contributed by atoms with Crippen molar-refractivity contribution in [2.24, 2.45) is 0 Å². The highest BCUT2D eigenvalue weighted by molar-refractivity contribution is 9.10. The molecule has 0 fully saturated rings. The van der Waals surface area contributed by atoms with E-state index in [1.54, 1.807) is 49.4 Å². The van der Waals surface area contributed by atoms with Crippen molar-refractivity contribution in [3.63, 3.8) is 0 Å². The first-order chi connectivity index (χ1) is 15.4. The van der Waals surface area contributed by atoms with Gasteiger partial charge in [0.05, 0.1) is 35.5 Å². The van der Waals surface area contributed by atoms with Crippen LogP contribution in [0.1, 0.15) is 43.6 Å². The third kappa shape index (κ3) is 4.13. The maximum Gasteiger partial charge on any atom is 0.261 e. The van der Waals surface area contributed by atoms with Crippen molar-refractivity contribution in [1.82, 2.24) is 4.90 Å². The lowest BCUT2D eigenvalue weighted by Gasteiger charge is -2.17. The Morgan fingerprint density at radius 3 is 2.34 bits per heavy atom. The lowest BCUT2D eigenvalue weighted by Crippen LogP contribution is -2.29. The summed E-state index contributed by atoms with van der Waals surface area (Å²) in [5.74, 6) is -1.30. The fourth-order valence-electron chi connectivity index (χ4n) is 3.48. The number of anilines is 1. The van der Waals surface area contributed by atoms with Crippen LogP contribution >= 0.6 is 15.9 Å². The molecule has 1 aliphatic rings. The number of imide groups is 1. The van der Waals surface area contributed by atoms with Gasteiger partial charge in [0.25, 0.3) is 17.7 Å². The predicted octanol–water partition coefficient (Wildman–Crippen LogP) is 5.04. The molecule has 0 radical (unpaired) electrons. The lowest BCUT2D eigenvalue weighted by atomic mass is 10.1. The van der Waals surface area contributed by atoms with Gasteiger partial charge in [0.1, 0.15) is 11.6 Å². The van der Waals surface area contributed by atoms with Crippen LogP contribution < -0.4 is 10.1 Å². The highest BCUT2D eigenvalue weighted by atomic mass is 79.9. The molecule has 0 unspecified atom stereocenters. The van der Waals surface area contributed by atoms with E-state index in [2.05, 4.69) is 21.2 Å². The highest BCUT2D eigenvalue weighted by Gasteiger charge is 2.35. The standard InChI is InChI=1S/C24H18BrFN2O4/c1-2-32-21-10-7-14(13-28-23(30)16-5-3-4-6-17(16)24(28)31)11-18(21)22(29)27-20-9-8-15(26)12-19(20)25/h3-12H,2,13H2,1H3,(H,27,29). The minimum Gasteiger partial charge on any atom is -0.493 e. The number of fused-ring (bicyclic) bond motifs is 1. The fourth-order valence-corrected chi connectivity index (χ4v) is 3.93. The normalized spacial score (nSPS) is 12.7. The van der Waals surface area contributed by atoms with Gasteiger partial charge in [-0.25, -0.2) is 4.39 Å². The smallest absolute Gasteiger partial charge is 0.261 e. The quantitative estimate of drug-likeness (QED) is 0.485. The zero-order valence-electron chi connectivity index (χ0n) is 17.0. The van der Waals surface area contributed by atoms with Gasteiger partial charge in [-0.05, 0) is 70.9 Å². The molecule has 0 bridgehead atoms. The molecule has 0 aromatic heterocycles. The molecule has 0 atom stereocenters. The van der Waals surface area contributed by atoms with Gasteiger partial charge in [-0.1, -0.05) is 18.2 Å². The van der Waals surface area contributed by atoms with E-state index in [0.29, 0.717) is 39.2 Å². The summed E-state index contributed by atoms with van der Waals surface area (Å²) in [5.41, 5.74) is 1.94. The summed E-state index contributed by atoms with van der Waals surface area (Å²) >= 11 is 3.23. The Kier molecular flexibility index (Phi) is 6.05. The molecular weight excluding hydrogens is 479 g/mol. The molecule has 6 nitrogen and oxygen atoms in total. The first-order valence-electron chi connectivity index (χ1n) is 9.86. The summed E-state index contributed by atoms with van der Waals surface area (Å²) in [7, 11) is 0. The van der Waals surface area contributed by atoms with Crippen LogP contribution in [0.15, 0.2) is 65.1 Å². The highest BCUT2D eigenvalue weighted by Crippen LogP contribution is 2.28. The third-order valence-electron chi connectivity index (χ3n) is 4.99. The summed E-state index contributed by atoms with van der Waals surface area (Å²) < 4.78 is 19.3. The van der Waals surface area contributed by atoms with E-state index in [-0.39, 0.29) is 23.9 Å². The summed E-state index contributed by atoms with van der Waals surface area (Å²) in [5, 5.41) is 2.73. The number of halogens is 2. The van der Waals surface area contributed by atoms with Gasteiger partial charge < -0.3 is 10.1 Å². The zero-order chi connectivity index (χ0) is 22.8. The van der Waals surface area contributed by atoms with Gasteiger partial charge in [-0.15, -0.1) is 0 Å². The maximum atomic E-state index is 13.4. The average Bonchev–Trinajstić information content (AvgIpc) is 3.02. The van der Waals surface area contributed by atoms with Gasteiger partial charge >= 0.3 is 0 Å². The van der Waals surface area contributed by atoms with Crippen LogP contribution in [0, 0.1) is 5.82 Å². The minimum absolute atomic E-state index is 0.0132. The monoisotopic (exact) mass is 496 g/mol. The molecular formula is C24H18BrFN2O4. The Labute approximate surface area is 192 Å². The first-order valence-corrected chi connectivity index (χ1v) is 10.7. The molecule has 1 aliphatic heterocycles. The minimum atomic E-state index is -0.468. The number of hydrogen-bond acceptors (Lipinski definition) is 4. The van der Waals surface area contributed by atoms with Crippen molar-refractivity contribution >= 4 is 39.3 Å². The molecule has 1 heterocycles. The number of benzene rings is 3. The van der Waals surface area contributed by atoms with Crippen LogP contribution in [0.4, 0.5) is 10.1 Å². The van der Waals surface area contributed by atoms with Crippen molar-refractivity contribution in [2.45, 2.75) is 13.5 Å². The van der Waals surface area contributed by atoms with Crippen molar-refractivity contribution in [1.29, 1.82) is 0 Å². The molecule has 4 rings (SSSR count). The van der Waals surface area contributed by atoms with Crippen LogP contribution in [0.3, 0.4) is 0 Å². The van der Waals surface area contributed by atoms with Crippen molar-refractivity contribution in [3.8, 4) is 5.75 Å². The zero-order valence-corrected chi connectivity index (χ0v) is 18.6. The van der Waals surface area contributed by atoms with Crippen molar-refractivity contribution in [3.05, 3.63) is 93.2 Å². The van der Waals surface area contributed by atoms with Gasteiger partial charge in [0, 0.05) is 4.47 Å². The second-order valence-corrected chi connectivity index (χ2v) is 7.94. The summed E-state index contributed by atoms with van der Waals surface area (Å²) in [4.78, 5) is 39.5. The lowest BCUT2D eigenvalue weighted by molar-refractivity contribution is 0.0642. The molecule has 32 heavy (non-hydrogen) atoms. The molecule has 0 saturated heterocycles. The molecule has 3 aromatic carbocycles. The number of rotatable bonds is 6. The molecule has 0 aliphatic carbocycles. The summed E-state index contributed by atoms with van der Waals surface area (Å²) in [6.07, 6.45) is 0. The molecule has 3 amide bonds. The number of hydrogen-bond donors (Lipinski definition) is 1. The first kappa shape index (κ1) is 21.7. The number of nitrogens with zero attached hydrogens (tertiary/aromatic N) is 1. The Bertz CT molecular complexity index is 1210. The SMILES string of the molecule is CCOc1ccc(CN2C(=O)c3ccccc3C2=O)cc1C(=O)Nc1ccc(F)cc1Br. The van der Waals surface area contributed by atoms with Crippen LogP contribution in [-0.2, 0) is 6.54 Å². The number of carbonyl (C=O) groups excluding carboxylic acids is 3. The number of nitrogens with one attached hydrogen (secondary N) is 1. The van der Waals surface area contributed by atoms with E-state index in [4.69, 9.17) is 4.74 Å². The Balaban J connectivity index is 1.61. The third-order valence-corrected chi connectivity index (χ3v) is 5.64. The number of amides is 3. The van der Waals surface area contributed by atoms with Gasteiger partial charge in [0.15, 0.2) is 0 Å². The van der Waals surface area contributed by atoms with Crippen LogP contribution in [-0.4, -0.2) is 29.2 Å². The molecule has 162 valence electrons. The summed E-state index contributed by atoms with van der Waals surface area (Å²) in [6, 6.07) is 15.5. The number of ether oxygens (including phenoxy) is 1. The van der Waals surface area contributed by atoms with E-state index in [1.807, 2.05) is 0 Å². The van der Waals surface area contributed by atoms with Crippen LogP contribution in [0.25, 0.3) is 0 Å².